The molecule has 3 heteroatoms. The lowest BCUT2D eigenvalue weighted by Gasteiger charge is -2.39. The Hall–Kier alpha value is -2.15. The van der Waals surface area contributed by atoms with Gasteiger partial charge in [-0.25, -0.2) is 0 Å². The van der Waals surface area contributed by atoms with Crippen LogP contribution in [-0.4, -0.2) is 18.0 Å². The molecule has 2 nitrogen and oxygen atoms in total. The highest BCUT2D eigenvalue weighted by Crippen LogP contribution is 2.54. The van der Waals surface area contributed by atoms with E-state index in [9.17, 15) is 0 Å². The van der Waals surface area contributed by atoms with Crippen molar-refractivity contribution in [2.75, 3.05) is 13.1 Å². The van der Waals surface area contributed by atoms with Gasteiger partial charge in [-0.3, -0.25) is 4.90 Å². The first kappa shape index (κ1) is 35.7. The highest BCUT2D eigenvalue weighted by molar-refractivity contribution is 7.48. The molecule has 0 aliphatic carbocycles. The van der Waals surface area contributed by atoms with Gasteiger partial charge in [-0.1, -0.05) is 156 Å². The molecule has 2 atom stereocenters. The number of benzene rings is 3. The zero-order valence-electron chi connectivity index (χ0n) is 30.1. The summed E-state index contributed by atoms with van der Waals surface area (Å²) in [6, 6.07) is 23.1. The topological polar surface area (TPSA) is 12.5 Å². The van der Waals surface area contributed by atoms with Gasteiger partial charge in [0.15, 0.2) is 0 Å². The van der Waals surface area contributed by atoms with Crippen LogP contribution in [0.25, 0.3) is 0 Å². The third kappa shape index (κ3) is 9.45. The van der Waals surface area contributed by atoms with Crippen molar-refractivity contribution >= 4 is 13.9 Å². The zero-order valence-corrected chi connectivity index (χ0v) is 31.1. The van der Waals surface area contributed by atoms with Crippen molar-refractivity contribution < 1.29 is 4.74 Å². The number of piperidine rings is 1. The Bertz CT molecular complexity index is 1360. The number of aryl methyl sites for hydroxylation is 1. The van der Waals surface area contributed by atoms with E-state index in [0.29, 0.717) is 15.2 Å². The number of hydrogen-bond acceptors (Lipinski definition) is 2. The van der Waals surface area contributed by atoms with E-state index in [4.69, 9.17) is 4.74 Å². The van der Waals surface area contributed by atoms with E-state index in [1.54, 1.807) is 10.9 Å². The molecule has 0 amide bonds. The van der Waals surface area contributed by atoms with Crippen molar-refractivity contribution in [3.8, 4) is 5.75 Å². The molecular formula is C42H62NOP. The van der Waals surface area contributed by atoms with Gasteiger partial charge in [0.1, 0.15) is 12.4 Å². The lowest BCUT2D eigenvalue weighted by atomic mass is 9.76. The lowest BCUT2D eigenvalue weighted by Crippen LogP contribution is -2.32. The van der Waals surface area contributed by atoms with Gasteiger partial charge in [0.25, 0.3) is 0 Å². The third-order valence-corrected chi connectivity index (χ3v) is 11.9. The van der Waals surface area contributed by atoms with Gasteiger partial charge in [-0.15, -0.1) is 0 Å². The molecule has 1 aliphatic rings. The van der Waals surface area contributed by atoms with Crippen molar-refractivity contribution in [2.24, 2.45) is 0 Å². The maximum absolute atomic E-state index is 7.07. The molecule has 0 aromatic heterocycles. The van der Waals surface area contributed by atoms with Crippen LogP contribution in [0.2, 0.25) is 0 Å². The Morgan fingerprint density at radius 1 is 0.778 bits per heavy atom. The van der Waals surface area contributed by atoms with Gasteiger partial charge >= 0.3 is 0 Å². The van der Waals surface area contributed by atoms with E-state index in [0.717, 1.165) is 18.7 Å². The van der Waals surface area contributed by atoms with Crippen molar-refractivity contribution in [1.29, 1.82) is 0 Å². The number of ether oxygens (including phenoxy) is 1. The van der Waals surface area contributed by atoms with Crippen LogP contribution in [0.1, 0.15) is 140 Å². The van der Waals surface area contributed by atoms with Gasteiger partial charge in [0.05, 0.1) is 0 Å². The monoisotopic (exact) mass is 627 g/mol. The summed E-state index contributed by atoms with van der Waals surface area (Å²) in [5.41, 5.74) is 8.35. The Kier molecular flexibility index (Phi) is 12.4. The highest BCUT2D eigenvalue weighted by Gasteiger charge is 2.38. The SMILES string of the molecule is CCCCCC(CC)(Pc1ccc(C)cc1CN1CCCCC1)c1cc(C(C)(C)C)cc(C(C)(C)C)c1OCc1ccccc1. The standard InChI is InChI=1S/C42H62NOP/c1-10-12-17-24-42(11-2,45-38-23-22-32(3)27-34(38)30-43-25-18-14-19-26-43)37-29-35(40(4,5)6)28-36(41(7,8)9)39(37)44-31-33-20-15-13-16-21-33/h13,15-16,20-23,27-29,45H,10-12,14,17-19,24-26,30-31H2,1-9H3. The maximum Gasteiger partial charge on any atom is 0.127 e. The van der Waals surface area contributed by atoms with E-state index < -0.39 is 0 Å². The number of unbranched alkanes of at least 4 members (excludes halogenated alkanes) is 2. The van der Waals surface area contributed by atoms with E-state index in [2.05, 4.69) is 128 Å². The van der Waals surface area contributed by atoms with Gasteiger partial charge in [0, 0.05) is 22.8 Å². The molecule has 0 N–H and O–H groups in total. The van der Waals surface area contributed by atoms with Crippen molar-refractivity contribution in [3.63, 3.8) is 0 Å². The van der Waals surface area contributed by atoms with Crippen LogP contribution in [0.5, 0.6) is 5.75 Å². The molecule has 1 heterocycles. The van der Waals surface area contributed by atoms with E-state index in [1.165, 1.54) is 85.9 Å². The van der Waals surface area contributed by atoms with Gasteiger partial charge in [-0.2, -0.15) is 0 Å². The molecule has 246 valence electrons. The molecule has 1 fully saturated rings. The summed E-state index contributed by atoms with van der Waals surface area (Å²) in [5.74, 6) is 1.13. The normalized spacial score (nSPS) is 16.3. The van der Waals surface area contributed by atoms with E-state index >= 15 is 0 Å². The van der Waals surface area contributed by atoms with E-state index in [1.807, 2.05) is 0 Å². The fraction of sp³-hybridized carbons (Fsp3) is 0.571. The molecular weight excluding hydrogens is 565 g/mol. The quantitative estimate of drug-likeness (QED) is 0.138. The Morgan fingerprint density at radius 2 is 1.47 bits per heavy atom. The highest BCUT2D eigenvalue weighted by atomic mass is 31.1. The Balaban J connectivity index is 1.92. The Labute approximate surface area is 278 Å². The average molecular weight is 628 g/mol. The van der Waals surface area contributed by atoms with Crippen LogP contribution < -0.4 is 10.0 Å². The molecule has 0 spiro atoms. The minimum atomic E-state index is -0.0443. The second kappa shape index (κ2) is 15.6. The second-order valence-corrected chi connectivity index (χ2v) is 17.4. The molecule has 0 radical (unpaired) electrons. The minimum absolute atomic E-state index is 0.00829. The summed E-state index contributed by atoms with van der Waals surface area (Å²) in [5, 5.41) is 1.56. The molecule has 4 rings (SSSR count). The molecule has 2 unspecified atom stereocenters. The van der Waals surface area contributed by atoms with Gasteiger partial charge in [0.2, 0.25) is 0 Å². The van der Waals surface area contributed by atoms with Crippen LogP contribution in [0.4, 0.5) is 0 Å². The summed E-state index contributed by atoms with van der Waals surface area (Å²) >= 11 is 0. The molecule has 0 bridgehead atoms. The minimum Gasteiger partial charge on any atom is -0.488 e. The van der Waals surface area contributed by atoms with Gasteiger partial charge in [-0.05, 0) is 78.5 Å². The molecule has 1 saturated heterocycles. The molecule has 45 heavy (non-hydrogen) atoms. The van der Waals surface area contributed by atoms with Crippen molar-refractivity contribution in [2.45, 2.75) is 143 Å². The summed E-state index contributed by atoms with van der Waals surface area (Å²) < 4.78 is 7.07. The molecule has 3 aromatic rings. The predicted molar refractivity (Wildman–Crippen MR) is 199 cm³/mol. The number of likely N-dealkylation sites (tertiary alicyclic amines) is 1. The second-order valence-electron chi connectivity index (χ2n) is 15.7. The average Bonchev–Trinajstić information content (AvgIpc) is 3.00. The van der Waals surface area contributed by atoms with Crippen LogP contribution in [0.15, 0.2) is 60.7 Å². The number of hydrogen-bond donors (Lipinski definition) is 0. The van der Waals surface area contributed by atoms with Crippen LogP contribution >= 0.6 is 8.58 Å². The van der Waals surface area contributed by atoms with Gasteiger partial charge < -0.3 is 4.74 Å². The Morgan fingerprint density at radius 3 is 2.09 bits per heavy atom. The zero-order chi connectivity index (χ0) is 32.7. The summed E-state index contributed by atoms with van der Waals surface area (Å²) in [4.78, 5) is 2.70. The molecule has 0 saturated carbocycles. The van der Waals surface area contributed by atoms with E-state index in [-0.39, 0.29) is 16.0 Å². The lowest BCUT2D eigenvalue weighted by molar-refractivity contribution is 0.221. The van der Waals surface area contributed by atoms with Crippen molar-refractivity contribution in [3.05, 3.63) is 94.0 Å². The summed E-state index contributed by atoms with van der Waals surface area (Å²) in [6.07, 6.45) is 10.1. The number of rotatable bonds is 13. The first-order valence-corrected chi connectivity index (χ1v) is 18.8. The van der Waals surface area contributed by atoms with Crippen LogP contribution in [-0.2, 0) is 29.1 Å². The summed E-state index contributed by atoms with van der Waals surface area (Å²) in [7, 11) is 0.691. The smallest absolute Gasteiger partial charge is 0.127 e. The third-order valence-electron chi connectivity index (χ3n) is 9.79. The fourth-order valence-electron chi connectivity index (χ4n) is 6.85. The first-order valence-electron chi connectivity index (χ1n) is 17.8. The largest absolute Gasteiger partial charge is 0.488 e. The number of nitrogens with zero attached hydrogens (tertiary/aromatic N) is 1. The van der Waals surface area contributed by atoms with Crippen molar-refractivity contribution in [1.82, 2.24) is 4.90 Å². The first-order chi connectivity index (χ1) is 21.4. The summed E-state index contributed by atoms with van der Waals surface area (Å²) in [6.45, 7) is 25.3. The van der Waals surface area contributed by atoms with Crippen LogP contribution in [0, 0.1) is 6.92 Å². The predicted octanol–water partition coefficient (Wildman–Crippen LogP) is 11.3. The molecule has 3 aromatic carbocycles. The fourth-order valence-corrected chi connectivity index (χ4v) is 8.64. The maximum atomic E-state index is 7.07. The van der Waals surface area contributed by atoms with Crippen LogP contribution in [0.3, 0.4) is 0 Å². The molecule has 1 aliphatic heterocycles.